The fraction of sp³-hybridized carbons (Fsp3) is 1.00. The van der Waals surface area contributed by atoms with Gasteiger partial charge in [0.25, 0.3) is 0 Å². The molecule has 0 radical (unpaired) electrons. The van der Waals surface area contributed by atoms with E-state index in [-0.39, 0.29) is 97.8 Å². The SMILES string of the molecule is CCCC(S)C(S)C(S)C(S)CC(C1(C(CC(S)C(S)C(S)C(S)CCC)[Si](OCC)(OCC)OCC)CC(CCSSSCCC2CCC(C(C)[Si](OCC)(OCC)OCC)C(C(CC(S)C(S)C(S)C(S)CCC)[Si](OCC)(OCC)OCC)(C(CC(S)C(S)C(S)C(S)CCC)[Si](OCC)(OCC)OCC)C2)CCC1C(C)[Si](OCC)(OCC)OCC)[Si](OCC)(OCC)OCC. The third-order valence-corrected chi connectivity index (χ3v) is 66.4. The second-order valence-electron chi connectivity index (χ2n) is 35.8. The van der Waals surface area contributed by atoms with Gasteiger partial charge >= 0.3 is 52.8 Å². The molecule has 2 aliphatic rings. The summed E-state index contributed by atoms with van der Waals surface area (Å²) in [7, 11) is -18.0. The second-order valence-corrected chi connectivity index (χ2v) is 67.4. The first-order chi connectivity index (χ1) is 64.3. The van der Waals surface area contributed by atoms with Crippen LogP contribution in [0.4, 0.5) is 0 Å². The van der Waals surface area contributed by atoms with Crippen molar-refractivity contribution in [3.63, 3.8) is 0 Å². The Morgan fingerprint density at radius 2 is 0.400 bits per heavy atom. The zero-order chi connectivity index (χ0) is 102. The van der Waals surface area contributed by atoms with E-state index in [1.54, 1.807) is 0 Å². The molecule has 0 amide bonds. The molecule has 0 heterocycles. The summed E-state index contributed by atoms with van der Waals surface area (Å²) in [6, 6.07) is 0. The van der Waals surface area contributed by atoms with Gasteiger partial charge in [0, 0.05) is 248 Å². The Labute approximate surface area is 932 Å². The van der Waals surface area contributed by atoms with Crippen molar-refractivity contribution < 1.29 is 79.7 Å². The third-order valence-electron chi connectivity index (χ3n) is 27.4. The fourth-order valence-electron chi connectivity index (χ4n) is 22.3. The fourth-order valence-corrected chi connectivity index (χ4v) is 56.3. The largest absolute Gasteiger partial charge is 0.504 e. The molecule has 2 aliphatic carbocycles. The monoisotopic (exact) mass is 2360 g/mol. The van der Waals surface area contributed by atoms with Crippen molar-refractivity contribution in [1.82, 2.24) is 0 Å². The smallest absolute Gasteiger partial charge is 0.374 e. The topological polar surface area (TPSA) is 166 Å². The first kappa shape index (κ1) is 138. The Balaban J connectivity index is 3.64. The minimum atomic E-state index is -4.08. The Morgan fingerprint density at radius 1 is 0.237 bits per heavy atom. The Bertz CT molecular complexity index is 2580. The number of rotatable bonds is 84. The van der Waals surface area contributed by atoms with Crippen molar-refractivity contribution in [3.05, 3.63) is 0 Å². The molecular formula is C92H194O18S19Si6. The van der Waals surface area contributed by atoms with Gasteiger partial charge in [-0.15, -0.1) is 0 Å². The average Bonchev–Trinajstić information content (AvgIpc) is 0.704. The molecule has 43 heteroatoms. The van der Waals surface area contributed by atoms with Crippen molar-refractivity contribution in [3.8, 4) is 0 Å². The van der Waals surface area contributed by atoms with Crippen molar-refractivity contribution in [2.45, 2.75) is 412 Å². The zero-order valence-corrected chi connectivity index (χ0v) is 110. The maximum absolute atomic E-state index is 7.59. The lowest BCUT2D eigenvalue weighted by Crippen LogP contribution is -2.67. The quantitative estimate of drug-likeness (QED) is 0.0120. The molecule has 18 nitrogen and oxygen atoms in total. The molecule has 26 atom stereocenters. The molecule has 0 aromatic heterocycles. The van der Waals surface area contributed by atoms with E-state index in [4.69, 9.17) is 282 Å². The first-order valence-electron chi connectivity index (χ1n) is 51.6. The maximum Gasteiger partial charge on any atom is 0.504 e. The first-order valence-corrected chi connectivity index (χ1v) is 74.5. The van der Waals surface area contributed by atoms with Gasteiger partial charge in [0.15, 0.2) is 0 Å². The molecule has 808 valence electrons. The minimum Gasteiger partial charge on any atom is -0.374 e. The van der Waals surface area contributed by atoms with Crippen LogP contribution in [0, 0.1) is 34.5 Å². The maximum atomic E-state index is 7.59. The average molecular weight is 2370 g/mol. The van der Waals surface area contributed by atoms with Crippen LogP contribution in [0.1, 0.15) is 295 Å². The Kier molecular flexibility index (Phi) is 75.4. The Morgan fingerprint density at radius 3 is 0.563 bits per heavy atom. The van der Waals surface area contributed by atoms with Gasteiger partial charge < -0.3 is 79.7 Å². The third kappa shape index (κ3) is 38.9. The highest BCUT2D eigenvalue weighted by Gasteiger charge is 2.76. The summed E-state index contributed by atoms with van der Waals surface area (Å²) < 4.78 is 134. The predicted molar refractivity (Wildman–Crippen MR) is 648 cm³/mol. The lowest BCUT2D eigenvalue weighted by Gasteiger charge is -2.62. The molecule has 0 N–H and O–H groups in total. The molecule has 0 aromatic carbocycles. The zero-order valence-electron chi connectivity index (χ0n) is 87.0. The summed E-state index contributed by atoms with van der Waals surface area (Å²) in [6.45, 7) is 56.6. The summed E-state index contributed by atoms with van der Waals surface area (Å²) in [6.07, 6.45) is 15.3. The van der Waals surface area contributed by atoms with Gasteiger partial charge in [0.2, 0.25) is 0 Å². The summed E-state index contributed by atoms with van der Waals surface area (Å²) in [5.41, 5.74) is -4.63. The lowest BCUT2D eigenvalue weighted by molar-refractivity contribution is -0.0554. The highest BCUT2D eigenvalue weighted by atomic mass is 33.5. The van der Waals surface area contributed by atoms with E-state index in [9.17, 15) is 0 Å². The minimum absolute atomic E-state index is 0.0631. The summed E-state index contributed by atoms with van der Waals surface area (Å²) in [5.74, 6) is 1.42. The van der Waals surface area contributed by atoms with E-state index >= 15 is 0 Å². The molecule has 2 saturated carbocycles. The van der Waals surface area contributed by atoms with E-state index in [0.29, 0.717) is 157 Å². The van der Waals surface area contributed by atoms with Crippen molar-refractivity contribution in [2.24, 2.45) is 34.5 Å². The standard InChI is InChI=1S/C92H194O18S19Si6/c1-25-47-71(111)83(119)87(123)75(115)59-79(132(99-35-11,100-36-12)101-37-13)91(80(133(102-38-14,103-39-15)104-40-16)60-76(116)88(124)84(120)72(112)48-26-2)63-67(51-53-69(91)65(23)130(93-29-5,94-30-6)95-31-7)55-57-127-129-128-58-56-68-52-54-70(66(24)131(96-32-8,97-33-9)98-34-10)92(64-68,81(134(105-41-17,106-42-18)107-43-19)61-77(117)89(125)85(121)73(113)49-27-3)82(135(108-44-20,109-45-21)110-46-22)62-78(118)90(126)86(122)74(114)50-28-4/h65-90,111-126H,25-64H2,1-24H3. The van der Waals surface area contributed by atoms with Crippen LogP contribution in [0.2, 0.25) is 33.2 Å². The molecule has 2 fully saturated rings. The molecule has 0 spiro atoms. The predicted octanol–water partition coefficient (Wildman–Crippen LogP) is 26.7. The highest BCUT2D eigenvalue weighted by molar-refractivity contribution is 9.09. The van der Waals surface area contributed by atoms with Crippen molar-refractivity contribution >= 4 is 286 Å². The van der Waals surface area contributed by atoms with Crippen LogP contribution >= 0.6 is 233 Å². The van der Waals surface area contributed by atoms with Crippen molar-refractivity contribution in [2.75, 3.05) is 130 Å². The van der Waals surface area contributed by atoms with Crippen LogP contribution in [0.15, 0.2) is 0 Å². The van der Waals surface area contributed by atoms with Gasteiger partial charge in [-0.2, -0.15) is 202 Å². The number of hydrogen-bond acceptors (Lipinski definition) is 37. The van der Waals surface area contributed by atoms with Gasteiger partial charge in [0.05, 0.1) is 0 Å². The van der Waals surface area contributed by atoms with E-state index in [2.05, 4.69) is 125 Å². The second kappa shape index (κ2) is 73.6. The van der Waals surface area contributed by atoms with Crippen LogP contribution in [0.25, 0.3) is 0 Å². The number of hydrogen-bond donors (Lipinski definition) is 16. The summed E-state index contributed by atoms with van der Waals surface area (Å²) >= 11 is 88.4. The van der Waals surface area contributed by atoms with E-state index < -0.39 is 107 Å². The highest BCUT2D eigenvalue weighted by Crippen LogP contribution is 2.73. The van der Waals surface area contributed by atoms with Gasteiger partial charge in [-0.3, -0.25) is 0 Å². The van der Waals surface area contributed by atoms with Crippen LogP contribution in [-0.4, -0.2) is 267 Å². The van der Waals surface area contributed by atoms with E-state index in [1.807, 2.05) is 73.0 Å². The van der Waals surface area contributed by atoms with E-state index in [0.717, 1.165) is 101 Å². The summed E-state index contributed by atoms with van der Waals surface area (Å²) in [4.78, 5) is 0. The molecule has 26 unspecified atom stereocenters. The van der Waals surface area contributed by atoms with Gasteiger partial charge in [-0.25, -0.2) is 0 Å². The molecule has 0 aliphatic heterocycles. The molecule has 2 rings (SSSR count). The van der Waals surface area contributed by atoms with Gasteiger partial charge in [-0.1, -0.05) is 102 Å². The van der Waals surface area contributed by atoms with Gasteiger partial charge in [0.1, 0.15) is 0 Å². The molecule has 0 aromatic rings. The summed E-state index contributed by atoms with van der Waals surface area (Å²) in [5, 5.41) is -4.17. The normalized spacial score (nSPS) is 23.8. The van der Waals surface area contributed by atoms with Crippen LogP contribution in [0.5, 0.6) is 0 Å². The van der Waals surface area contributed by atoms with E-state index in [1.165, 1.54) is 0 Å². The Hall–Kier alpha value is 7.23. The van der Waals surface area contributed by atoms with Crippen LogP contribution < -0.4 is 0 Å². The van der Waals surface area contributed by atoms with Crippen LogP contribution in [-0.2, 0) is 79.7 Å². The van der Waals surface area contributed by atoms with Crippen LogP contribution in [0.3, 0.4) is 0 Å². The van der Waals surface area contributed by atoms with Crippen molar-refractivity contribution in [1.29, 1.82) is 0 Å². The number of thiol groups is 16. The molecule has 0 saturated heterocycles. The molecule has 0 bridgehead atoms. The molecular weight excluding hydrogens is 2170 g/mol. The lowest BCUT2D eigenvalue weighted by atomic mass is 9.56. The van der Waals surface area contributed by atoms with Gasteiger partial charge in [-0.05, 0) is 259 Å². The molecule has 135 heavy (non-hydrogen) atoms.